The number of carbonyl (C=O) groups is 1. The van der Waals surface area contributed by atoms with Gasteiger partial charge < -0.3 is 0 Å². The first-order valence-electron chi connectivity index (χ1n) is 5.10. The Kier molecular flexibility index (Phi) is 3.14. The number of hydrogen-bond acceptors (Lipinski definition) is 2. The zero-order chi connectivity index (χ0) is 13.2. The number of benzene rings is 1. The summed E-state index contributed by atoms with van der Waals surface area (Å²) in [6.45, 7) is 0. The van der Waals surface area contributed by atoms with Crippen molar-refractivity contribution in [2.45, 2.75) is 6.18 Å². The van der Waals surface area contributed by atoms with Crippen LogP contribution >= 0.6 is 0 Å². The molecule has 0 N–H and O–H groups in total. The second-order valence-corrected chi connectivity index (χ2v) is 3.64. The summed E-state index contributed by atoms with van der Waals surface area (Å²) in [4.78, 5) is 14.1. The molecule has 0 aliphatic rings. The summed E-state index contributed by atoms with van der Waals surface area (Å²) in [6.07, 6.45) is -3.08. The summed E-state index contributed by atoms with van der Waals surface area (Å²) < 4.78 is 37.7. The highest BCUT2D eigenvalue weighted by atomic mass is 19.4. The molecule has 5 heteroatoms. The number of halogens is 3. The monoisotopic (exact) mass is 251 g/mol. The van der Waals surface area contributed by atoms with Crippen LogP contribution in [0.25, 0.3) is 11.1 Å². The van der Waals surface area contributed by atoms with Crippen LogP contribution in [0.1, 0.15) is 16.1 Å². The molecule has 1 aromatic carbocycles. The molecule has 0 aliphatic heterocycles. The topological polar surface area (TPSA) is 30.0 Å². The van der Waals surface area contributed by atoms with Gasteiger partial charge in [0.25, 0.3) is 0 Å². The molecule has 0 saturated carbocycles. The lowest BCUT2D eigenvalue weighted by Crippen LogP contribution is -2.08. The minimum atomic E-state index is -4.52. The van der Waals surface area contributed by atoms with E-state index >= 15 is 0 Å². The number of nitrogens with zero attached hydrogens (tertiary/aromatic N) is 1. The van der Waals surface area contributed by atoms with Crippen LogP contribution in [0.3, 0.4) is 0 Å². The number of alkyl halides is 3. The number of aldehydes is 1. The van der Waals surface area contributed by atoms with Crippen LogP contribution < -0.4 is 0 Å². The average Bonchev–Trinajstić information content (AvgIpc) is 2.38. The Balaban J connectivity index is 2.61. The zero-order valence-electron chi connectivity index (χ0n) is 9.11. The molecule has 0 aliphatic carbocycles. The maximum absolute atomic E-state index is 12.6. The minimum absolute atomic E-state index is 0.134. The Morgan fingerprint density at radius 2 is 1.78 bits per heavy atom. The molecule has 1 aromatic heterocycles. The molecule has 2 rings (SSSR count). The quantitative estimate of drug-likeness (QED) is 0.763. The molecule has 0 unspecified atom stereocenters. The molecular formula is C13H8F3NO. The van der Waals surface area contributed by atoms with Crippen molar-refractivity contribution in [3.8, 4) is 11.1 Å². The van der Waals surface area contributed by atoms with E-state index < -0.39 is 11.9 Å². The first kappa shape index (κ1) is 12.3. The fourth-order valence-electron chi connectivity index (χ4n) is 1.58. The first-order valence-corrected chi connectivity index (χ1v) is 5.10. The maximum Gasteiger partial charge on any atom is 0.433 e. The summed E-state index contributed by atoms with van der Waals surface area (Å²) in [5.41, 5.74) is -0.0958. The van der Waals surface area contributed by atoms with Crippen LogP contribution in [0, 0.1) is 0 Å². The number of rotatable bonds is 2. The largest absolute Gasteiger partial charge is 0.433 e. The fraction of sp³-hybridized carbons (Fsp3) is 0.0769. The van der Waals surface area contributed by atoms with E-state index in [1.165, 1.54) is 0 Å². The van der Waals surface area contributed by atoms with E-state index in [-0.39, 0.29) is 11.1 Å². The van der Waals surface area contributed by atoms with Crippen LogP contribution in [0.15, 0.2) is 42.6 Å². The normalized spacial score (nSPS) is 11.3. The van der Waals surface area contributed by atoms with Crippen LogP contribution in [0.5, 0.6) is 0 Å². The van der Waals surface area contributed by atoms with E-state index in [1.54, 1.807) is 30.3 Å². The SMILES string of the molecule is O=Cc1cnc(C(F)(F)F)cc1-c1ccccc1. The molecule has 2 nitrogen and oxygen atoms in total. The van der Waals surface area contributed by atoms with Crippen molar-refractivity contribution in [1.82, 2.24) is 4.98 Å². The fourth-order valence-corrected chi connectivity index (χ4v) is 1.58. The summed E-state index contributed by atoms with van der Waals surface area (Å²) in [5, 5.41) is 0. The van der Waals surface area contributed by atoms with Crippen LogP contribution in [0.4, 0.5) is 13.2 Å². The van der Waals surface area contributed by atoms with Crippen molar-refractivity contribution in [2.75, 3.05) is 0 Å². The molecule has 0 fully saturated rings. The standard InChI is InChI=1S/C13H8F3NO/c14-13(15,16)12-6-11(10(8-18)7-17-12)9-4-2-1-3-5-9/h1-8H. The van der Waals surface area contributed by atoms with Gasteiger partial charge in [0, 0.05) is 11.8 Å². The predicted molar refractivity (Wildman–Crippen MR) is 60.1 cm³/mol. The highest BCUT2D eigenvalue weighted by molar-refractivity contribution is 5.87. The Bertz CT molecular complexity index is 564. The van der Waals surface area contributed by atoms with E-state index in [0.29, 0.717) is 11.8 Å². The molecule has 0 radical (unpaired) electrons. The van der Waals surface area contributed by atoms with Crippen molar-refractivity contribution >= 4 is 6.29 Å². The molecule has 0 atom stereocenters. The van der Waals surface area contributed by atoms with Gasteiger partial charge >= 0.3 is 6.18 Å². The maximum atomic E-state index is 12.6. The molecule has 0 bridgehead atoms. The first-order chi connectivity index (χ1) is 8.52. The van der Waals surface area contributed by atoms with Crippen LogP contribution in [-0.4, -0.2) is 11.3 Å². The van der Waals surface area contributed by atoms with Crippen LogP contribution in [0.2, 0.25) is 0 Å². The number of pyridine rings is 1. The van der Waals surface area contributed by atoms with E-state index in [1.807, 2.05) is 0 Å². The molecule has 0 spiro atoms. The van der Waals surface area contributed by atoms with Crippen molar-refractivity contribution in [3.63, 3.8) is 0 Å². The Morgan fingerprint density at radius 3 is 2.33 bits per heavy atom. The highest BCUT2D eigenvalue weighted by Crippen LogP contribution is 2.31. The van der Waals surface area contributed by atoms with Crippen molar-refractivity contribution in [3.05, 3.63) is 53.9 Å². The van der Waals surface area contributed by atoms with Gasteiger partial charge in [-0.05, 0) is 17.2 Å². The lowest BCUT2D eigenvalue weighted by molar-refractivity contribution is -0.141. The lowest BCUT2D eigenvalue weighted by atomic mass is 10.0. The third kappa shape index (κ3) is 2.40. The molecule has 18 heavy (non-hydrogen) atoms. The van der Waals surface area contributed by atoms with Gasteiger partial charge in [-0.15, -0.1) is 0 Å². The molecular weight excluding hydrogens is 243 g/mol. The van der Waals surface area contributed by atoms with Gasteiger partial charge in [-0.2, -0.15) is 13.2 Å². The number of hydrogen-bond donors (Lipinski definition) is 0. The third-order valence-electron chi connectivity index (χ3n) is 2.44. The predicted octanol–water partition coefficient (Wildman–Crippen LogP) is 3.58. The second-order valence-electron chi connectivity index (χ2n) is 3.64. The summed E-state index contributed by atoms with van der Waals surface area (Å²) in [6, 6.07) is 9.30. The Morgan fingerprint density at radius 1 is 1.11 bits per heavy atom. The van der Waals surface area contributed by atoms with Gasteiger partial charge in [0.2, 0.25) is 0 Å². The molecule has 92 valence electrons. The van der Waals surface area contributed by atoms with Crippen LogP contribution in [-0.2, 0) is 6.18 Å². The van der Waals surface area contributed by atoms with Crippen molar-refractivity contribution < 1.29 is 18.0 Å². The highest BCUT2D eigenvalue weighted by Gasteiger charge is 2.33. The van der Waals surface area contributed by atoms with E-state index in [0.717, 1.165) is 12.3 Å². The molecule has 1 heterocycles. The van der Waals surface area contributed by atoms with Gasteiger partial charge in [0.1, 0.15) is 5.69 Å². The van der Waals surface area contributed by atoms with E-state index in [2.05, 4.69) is 4.98 Å². The average molecular weight is 251 g/mol. The second kappa shape index (κ2) is 4.60. The third-order valence-corrected chi connectivity index (χ3v) is 2.44. The number of aromatic nitrogens is 1. The zero-order valence-corrected chi connectivity index (χ0v) is 9.11. The van der Waals surface area contributed by atoms with Gasteiger partial charge in [-0.3, -0.25) is 9.78 Å². The van der Waals surface area contributed by atoms with E-state index in [4.69, 9.17) is 0 Å². The van der Waals surface area contributed by atoms with Gasteiger partial charge in [0.15, 0.2) is 6.29 Å². The summed E-state index contributed by atoms with van der Waals surface area (Å²) >= 11 is 0. The smallest absolute Gasteiger partial charge is 0.298 e. The molecule has 2 aromatic rings. The van der Waals surface area contributed by atoms with Crippen molar-refractivity contribution in [1.29, 1.82) is 0 Å². The Labute approximate surface area is 101 Å². The minimum Gasteiger partial charge on any atom is -0.298 e. The number of carbonyl (C=O) groups excluding carboxylic acids is 1. The summed E-state index contributed by atoms with van der Waals surface area (Å²) in [7, 11) is 0. The Hall–Kier alpha value is -2.17. The van der Waals surface area contributed by atoms with Gasteiger partial charge in [-0.25, -0.2) is 0 Å². The van der Waals surface area contributed by atoms with E-state index in [9.17, 15) is 18.0 Å². The summed E-state index contributed by atoms with van der Waals surface area (Å²) in [5.74, 6) is 0. The van der Waals surface area contributed by atoms with Crippen molar-refractivity contribution in [2.24, 2.45) is 0 Å². The van der Waals surface area contributed by atoms with Gasteiger partial charge in [-0.1, -0.05) is 30.3 Å². The molecule has 0 saturated heterocycles. The molecule has 0 amide bonds. The van der Waals surface area contributed by atoms with Gasteiger partial charge in [0.05, 0.1) is 0 Å². The lowest BCUT2D eigenvalue weighted by Gasteiger charge is -2.09.